The highest BCUT2D eigenvalue weighted by molar-refractivity contribution is 7.16. The van der Waals surface area contributed by atoms with Crippen molar-refractivity contribution in [2.45, 2.75) is 13.5 Å². The fourth-order valence-electron chi connectivity index (χ4n) is 1.68. The highest BCUT2D eigenvalue weighted by atomic mass is 35.5. The van der Waals surface area contributed by atoms with E-state index in [-0.39, 0.29) is 5.91 Å². The van der Waals surface area contributed by atoms with Crippen molar-refractivity contribution in [3.63, 3.8) is 0 Å². The van der Waals surface area contributed by atoms with Gasteiger partial charge in [0.25, 0.3) is 5.91 Å². The number of aryl methyl sites for hydroxylation is 1. The van der Waals surface area contributed by atoms with Crippen LogP contribution in [0.5, 0.6) is 0 Å². The average Bonchev–Trinajstić information content (AvgIpc) is 2.81. The number of anilines is 1. The molecule has 0 unspecified atom stereocenters. The van der Waals surface area contributed by atoms with E-state index >= 15 is 0 Å². The molecule has 2 aromatic rings. The molecule has 4 N–H and O–H groups in total. The zero-order chi connectivity index (χ0) is 13.8. The van der Waals surface area contributed by atoms with Crippen LogP contribution < -0.4 is 16.6 Å². The van der Waals surface area contributed by atoms with Crippen molar-refractivity contribution in [1.82, 2.24) is 5.32 Å². The third-order valence-electron chi connectivity index (χ3n) is 2.63. The van der Waals surface area contributed by atoms with Crippen LogP contribution >= 0.6 is 22.9 Å². The molecule has 19 heavy (non-hydrogen) atoms. The van der Waals surface area contributed by atoms with Crippen LogP contribution in [-0.4, -0.2) is 5.91 Å². The summed E-state index contributed by atoms with van der Waals surface area (Å²) < 4.78 is 0.712. The molecule has 6 heteroatoms. The van der Waals surface area contributed by atoms with E-state index in [0.717, 1.165) is 10.4 Å². The van der Waals surface area contributed by atoms with Gasteiger partial charge < -0.3 is 10.7 Å². The first-order valence-electron chi connectivity index (χ1n) is 5.70. The van der Waals surface area contributed by atoms with Gasteiger partial charge in [0.2, 0.25) is 0 Å². The predicted octanol–water partition coefficient (Wildman–Crippen LogP) is 2.93. The van der Waals surface area contributed by atoms with Crippen LogP contribution in [0.15, 0.2) is 30.3 Å². The van der Waals surface area contributed by atoms with Gasteiger partial charge in [-0.25, -0.2) is 0 Å². The summed E-state index contributed by atoms with van der Waals surface area (Å²) in [5.74, 6) is 5.24. The van der Waals surface area contributed by atoms with E-state index in [1.54, 1.807) is 12.1 Å². The van der Waals surface area contributed by atoms with Crippen LogP contribution in [0.1, 0.15) is 20.8 Å². The summed E-state index contributed by atoms with van der Waals surface area (Å²) in [6.07, 6.45) is 0. The van der Waals surface area contributed by atoms with E-state index < -0.39 is 0 Å². The van der Waals surface area contributed by atoms with E-state index in [9.17, 15) is 4.79 Å². The molecule has 1 aromatic heterocycles. The van der Waals surface area contributed by atoms with Gasteiger partial charge >= 0.3 is 0 Å². The van der Waals surface area contributed by atoms with Gasteiger partial charge in [-0.1, -0.05) is 23.2 Å². The molecule has 0 spiro atoms. The van der Waals surface area contributed by atoms with E-state index in [2.05, 4.69) is 10.7 Å². The highest BCUT2D eigenvalue weighted by Crippen LogP contribution is 2.21. The number of hydrogen-bond acceptors (Lipinski definition) is 4. The van der Waals surface area contributed by atoms with Gasteiger partial charge in [0.15, 0.2) is 0 Å². The van der Waals surface area contributed by atoms with E-state index in [1.807, 2.05) is 25.1 Å². The SMILES string of the molecule is Cc1ccc(NN)c(C(=O)NCc2ccc(Cl)s2)c1. The second-order valence-corrected chi connectivity index (χ2v) is 5.88. The maximum atomic E-state index is 12.1. The molecular formula is C13H14ClN3OS. The van der Waals surface area contributed by atoms with Crippen molar-refractivity contribution < 1.29 is 4.79 Å². The Morgan fingerprint density at radius 2 is 2.16 bits per heavy atom. The summed E-state index contributed by atoms with van der Waals surface area (Å²) in [5, 5.41) is 2.85. The number of hydrazine groups is 1. The molecule has 100 valence electrons. The van der Waals surface area contributed by atoms with Gasteiger partial charge in [-0.3, -0.25) is 10.6 Å². The number of rotatable bonds is 4. The standard InChI is InChI=1S/C13H14ClN3OS/c1-8-2-4-11(17-15)10(6-8)13(18)16-7-9-3-5-12(14)19-9/h2-6,17H,7,15H2,1H3,(H,16,18). The lowest BCUT2D eigenvalue weighted by Gasteiger charge is -2.10. The molecule has 0 bridgehead atoms. The quantitative estimate of drug-likeness (QED) is 0.600. The lowest BCUT2D eigenvalue weighted by Crippen LogP contribution is -2.24. The van der Waals surface area contributed by atoms with Crippen molar-refractivity contribution >= 4 is 34.5 Å². The van der Waals surface area contributed by atoms with Gasteiger partial charge in [0.1, 0.15) is 0 Å². The predicted molar refractivity (Wildman–Crippen MR) is 79.5 cm³/mol. The third kappa shape index (κ3) is 3.47. The molecule has 0 fully saturated rings. The number of carbonyl (C=O) groups excluding carboxylic acids is 1. The maximum absolute atomic E-state index is 12.1. The Hall–Kier alpha value is -1.56. The average molecular weight is 296 g/mol. The first-order chi connectivity index (χ1) is 9.10. The van der Waals surface area contributed by atoms with E-state index in [0.29, 0.717) is 22.1 Å². The molecule has 4 nitrogen and oxygen atoms in total. The van der Waals surface area contributed by atoms with E-state index in [4.69, 9.17) is 17.4 Å². The minimum Gasteiger partial charge on any atom is -0.347 e. The topological polar surface area (TPSA) is 67.1 Å². The molecule has 0 atom stereocenters. The first kappa shape index (κ1) is 13.9. The second-order valence-electron chi connectivity index (χ2n) is 4.08. The van der Waals surface area contributed by atoms with Crippen LogP contribution in [0, 0.1) is 6.92 Å². The van der Waals surface area contributed by atoms with E-state index in [1.165, 1.54) is 11.3 Å². The van der Waals surface area contributed by atoms with Crippen molar-refractivity contribution in [3.05, 3.63) is 50.7 Å². The fourth-order valence-corrected chi connectivity index (χ4v) is 2.71. The number of carbonyl (C=O) groups is 1. The van der Waals surface area contributed by atoms with Gasteiger partial charge in [-0.2, -0.15) is 0 Å². The number of halogens is 1. The van der Waals surface area contributed by atoms with Crippen LogP contribution in [-0.2, 0) is 6.54 Å². The maximum Gasteiger partial charge on any atom is 0.253 e. The molecule has 0 radical (unpaired) electrons. The molecule has 2 rings (SSSR count). The van der Waals surface area contributed by atoms with Crippen molar-refractivity contribution in [1.29, 1.82) is 0 Å². The Morgan fingerprint density at radius 1 is 1.37 bits per heavy atom. The number of hydrogen-bond donors (Lipinski definition) is 3. The van der Waals surface area contributed by atoms with Crippen LogP contribution in [0.25, 0.3) is 0 Å². The van der Waals surface area contributed by atoms with Crippen molar-refractivity contribution in [2.75, 3.05) is 5.43 Å². The fraction of sp³-hybridized carbons (Fsp3) is 0.154. The lowest BCUT2D eigenvalue weighted by molar-refractivity contribution is 0.0952. The zero-order valence-electron chi connectivity index (χ0n) is 10.4. The molecule has 0 saturated carbocycles. The molecule has 1 aromatic carbocycles. The molecular weight excluding hydrogens is 282 g/mol. The van der Waals surface area contributed by atoms with Crippen LogP contribution in [0.4, 0.5) is 5.69 Å². The van der Waals surface area contributed by atoms with Gasteiger partial charge in [0, 0.05) is 4.88 Å². The molecule has 1 amide bonds. The van der Waals surface area contributed by atoms with Gasteiger partial charge in [-0.05, 0) is 31.2 Å². The van der Waals surface area contributed by atoms with Crippen LogP contribution in [0.2, 0.25) is 4.34 Å². The number of benzene rings is 1. The smallest absolute Gasteiger partial charge is 0.253 e. The first-order valence-corrected chi connectivity index (χ1v) is 6.89. The highest BCUT2D eigenvalue weighted by Gasteiger charge is 2.11. The molecule has 0 aliphatic carbocycles. The number of amides is 1. The molecule has 0 aliphatic heterocycles. The molecule has 0 aliphatic rings. The number of nitrogen functional groups attached to an aromatic ring is 1. The largest absolute Gasteiger partial charge is 0.347 e. The summed E-state index contributed by atoms with van der Waals surface area (Å²) in [4.78, 5) is 13.1. The second kappa shape index (κ2) is 6.06. The Morgan fingerprint density at radius 3 is 2.79 bits per heavy atom. The number of nitrogens with one attached hydrogen (secondary N) is 2. The van der Waals surface area contributed by atoms with Gasteiger partial charge in [-0.15, -0.1) is 11.3 Å². The Balaban J connectivity index is 2.09. The Labute approximate surface area is 120 Å². The number of thiophene rings is 1. The molecule has 1 heterocycles. The van der Waals surface area contributed by atoms with Crippen molar-refractivity contribution in [2.24, 2.45) is 5.84 Å². The normalized spacial score (nSPS) is 10.3. The monoisotopic (exact) mass is 295 g/mol. The third-order valence-corrected chi connectivity index (χ3v) is 3.86. The summed E-state index contributed by atoms with van der Waals surface area (Å²) in [6.45, 7) is 2.38. The Bertz CT molecular complexity index is 597. The van der Waals surface area contributed by atoms with Gasteiger partial charge in [0.05, 0.1) is 22.1 Å². The summed E-state index contributed by atoms with van der Waals surface area (Å²) >= 11 is 7.29. The molecule has 0 saturated heterocycles. The Kier molecular flexibility index (Phi) is 4.42. The zero-order valence-corrected chi connectivity index (χ0v) is 11.9. The minimum atomic E-state index is -0.166. The summed E-state index contributed by atoms with van der Waals surface area (Å²) in [7, 11) is 0. The summed E-state index contributed by atoms with van der Waals surface area (Å²) in [6, 6.07) is 9.18. The lowest BCUT2D eigenvalue weighted by atomic mass is 10.1. The number of nitrogens with two attached hydrogens (primary N) is 1. The minimum absolute atomic E-state index is 0.166. The van der Waals surface area contributed by atoms with Crippen molar-refractivity contribution in [3.8, 4) is 0 Å². The summed E-state index contributed by atoms with van der Waals surface area (Å²) in [5.41, 5.74) is 4.67. The van der Waals surface area contributed by atoms with Crippen LogP contribution in [0.3, 0.4) is 0 Å².